The Bertz CT molecular complexity index is 881. The van der Waals surface area contributed by atoms with Crippen LogP contribution in [0.15, 0.2) is 47.4 Å². The molecule has 2 aromatic rings. The highest BCUT2D eigenvalue weighted by molar-refractivity contribution is 7.89. The molecule has 0 spiro atoms. The third-order valence-corrected chi connectivity index (χ3v) is 6.60. The van der Waals surface area contributed by atoms with E-state index in [0.717, 1.165) is 5.56 Å². The molecule has 0 radical (unpaired) electrons. The van der Waals surface area contributed by atoms with Crippen LogP contribution >= 0.6 is 0 Å². The predicted molar refractivity (Wildman–Crippen MR) is 93.4 cm³/mol. The van der Waals surface area contributed by atoms with E-state index in [2.05, 4.69) is 0 Å². The van der Waals surface area contributed by atoms with Gasteiger partial charge in [0.25, 0.3) is 0 Å². The number of rotatable bonds is 4. The van der Waals surface area contributed by atoms with E-state index in [1.807, 2.05) is 12.1 Å². The predicted octanol–water partition coefficient (Wildman–Crippen LogP) is 1.98. The van der Waals surface area contributed by atoms with Gasteiger partial charge in [-0.15, -0.1) is 0 Å². The monoisotopic (exact) mass is 363 g/mol. The van der Waals surface area contributed by atoms with Crippen LogP contribution in [-0.4, -0.2) is 45.1 Å². The van der Waals surface area contributed by atoms with E-state index in [1.165, 1.54) is 24.5 Å². The molecular formula is C18H21NO5S. The van der Waals surface area contributed by atoms with Crippen LogP contribution in [0.2, 0.25) is 0 Å². The first-order valence-corrected chi connectivity index (χ1v) is 9.30. The number of sulfonamides is 1. The van der Waals surface area contributed by atoms with Gasteiger partial charge in [0.05, 0.1) is 31.3 Å². The normalized spacial score (nSPS) is 22.2. The van der Waals surface area contributed by atoms with Gasteiger partial charge in [-0.2, -0.15) is 4.31 Å². The summed E-state index contributed by atoms with van der Waals surface area (Å²) in [5, 5.41) is 10.8. The van der Waals surface area contributed by atoms with E-state index >= 15 is 0 Å². The average molecular weight is 363 g/mol. The van der Waals surface area contributed by atoms with Crippen molar-refractivity contribution < 1.29 is 23.0 Å². The largest absolute Gasteiger partial charge is 0.493 e. The number of likely N-dealkylation sites (N-methyl/N-ethyl adjacent to an activating group) is 1. The highest BCUT2D eigenvalue weighted by atomic mass is 32.2. The van der Waals surface area contributed by atoms with Gasteiger partial charge in [0.1, 0.15) is 0 Å². The molecule has 0 amide bonds. The van der Waals surface area contributed by atoms with Crippen molar-refractivity contribution in [3.05, 3.63) is 53.6 Å². The molecular weight excluding hydrogens is 342 g/mol. The lowest BCUT2D eigenvalue weighted by Gasteiger charge is -2.37. The zero-order valence-electron chi connectivity index (χ0n) is 14.3. The molecule has 0 bridgehead atoms. The number of aliphatic hydroxyl groups is 1. The number of aliphatic hydroxyl groups excluding tert-OH is 1. The van der Waals surface area contributed by atoms with Gasteiger partial charge in [0, 0.05) is 12.6 Å². The quantitative estimate of drug-likeness (QED) is 0.899. The summed E-state index contributed by atoms with van der Waals surface area (Å²) >= 11 is 0. The molecule has 0 unspecified atom stereocenters. The Morgan fingerprint density at radius 3 is 2.48 bits per heavy atom. The van der Waals surface area contributed by atoms with Gasteiger partial charge in [-0.1, -0.05) is 30.3 Å². The molecule has 1 aliphatic heterocycles. The van der Waals surface area contributed by atoms with Gasteiger partial charge in [0.15, 0.2) is 11.5 Å². The number of hydrogen-bond donors (Lipinski definition) is 1. The van der Waals surface area contributed by atoms with Crippen molar-refractivity contribution in [3.8, 4) is 11.5 Å². The maximum Gasteiger partial charge on any atom is 0.243 e. The minimum Gasteiger partial charge on any atom is -0.493 e. The van der Waals surface area contributed by atoms with Crippen LogP contribution in [0.4, 0.5) is 0 Å². The first-order valence-electron chi connectivity index (χ1n) is 7.86. The fraction of sp³-hybridized carbons (Fsp3) is 0.333. The van der Waals surface area contributed by atoms with Gasteiger partial charge in [-0.05, 0) is 24.1 Å². The smallest absolute Gasteiger partial charge is 0.243 e. The summed E-state index contributed by atoms with van der Waals surface area (Å²) < 4.78 is 37.5. The Labute approximate surface area is 147 Å². The van der Waals surface area contributed by atoms with Crippen LogP contribution in [0, 0.1) is 0 Å². The third-order valence-electron chi connectivity index (χ3n) is 4.64. The molecule has 6 nitrogen and oxygen atoms in total. The van der Waals surface area contributed by atoms with Gasteiger partial charge in [-0.25, -0.2) is 8.42 Å². The molecule has 3 rings (SSSR count). The molecule has 2 atom stereocenters. The summed E-state index contributed by atoms with van der Waals surface area (Å²) in [6.45, 7) is 0. The van der Waals surface area contributed by atoms with E-state index in [1.54, 1.807) is 31.4 Å². The lowest BCUT2D eigenvalue weighted by molar-refractivity contribution is 0.0888. The van der Waals surface area contributed by atoms with Crippen LogP contribution < -0.4 is 9.47 Å². The van der Waals surface area contributed by atoms with Crippen molar-refractivity contribution in [2.24, 2.45) is 0 Å². The summed E-state index contributed by atoms with van der Waals surface area (Å²) in [6.07, 6.45) is -0.633. The van der Waals surface area contributed by atoms with E-state index < -0.39 is 22.2 Å². The van der Waals surface area contributed by atoms with Crippen LogP contribution in [0.5, 0.6) is 11.5 Å². The Balaban J connectivity index is 2.05. The Hall–Kier alpha value is -2.09. The number of para-hydroxylation sites is 1. The Morgan fingerprint density at radius 1 is 1.08 bits per heavy atom. The molecule has 0 aromatic heterocycles. The van der Waals surface area contributed by atoms with Crippen LogP contribution in [-0.2, 0) is 16.4 Å². The highest BCUT2D eigenvalue weighted by Crippen LogP contribution is 2.39. The van der Waals surface area contributed by atoms with E-state index in [0.29, 0.717) is 23.5 Å². The molecule has 0 aliphatic carbocycles. The third kappa shape index (κ3) is 2.88. The van der Waals surface area contributed by atoms with E-state index in [-0.39, 0.29) is 4.90 Å². The molecule has 2 aromatic carbocycles. The van der Waals surface area contributed by atoms with Gasteiger partial charge in [0.2, 0.25) is 10.0 Å². The molecule has 0 fully saturated rings. The van der Waals surface area contributed by atoms with Crippen molar-refractivity contribution in [2.75, 3.05) is 21.3 Å². The summed E-state index contributed by atoms with van der Waals surface area (Å²) in [6, 6.07) is 11.3. The molecule has 7 heteroatoms. The van der Waals surface area contributed by atoms with E-state index in [4.69, 9.17) is 9.47 Å². The lowest BCUT2D eigenvalue weighted by Crippen LogP contribution is -2.46. The van der Waals surface area contributed by atoms with Crippen molar-refractivity contribution in [2.45, 2.75) is 23.5 Å². The summed E-state index contributed by atoms with van der Waals surface area (Å²) in [7, 11) is 0.917. The highest BCUT2D eigenvalue weighted by Gasteiger charge is 2.41. The fourth-order valence-corrected chi connectivity index (χ4v) is 4.87. The maximum atomic E-state index is 12.8. The second-order valence-electron chi connectivity index (χ2n) is 5.93. The fourth-order valence-electron chi connectivity index (χ4n) is 3.28. The molecule has 1 aliphatic rings. The topological polar surface area (TPSA) is 76.1 Å². The Morgan fingerprint density at radius 2 is 1.80 bits per heavy atom. The minimum atomic E-state index is -3.66. The summed E-state index contributed by atoms with van der Waals surface area (Å²) in [5.74, 6) is 1.11. The lowest BCUT2D eigenvalue weighted by atomic mass is 9.95. The van der Waals surface area contributed by atoms with Crippen LogP contribution in [0.3, 0.4) is 0 Å². The first kappa shape index (κ1) is 17.7. The van der Waals surface area contributed by atoms with Gasteiger partial charge >= 0.3 is 0 Å². The number of nitrogens with zero attached hydrogens (tertiary/aromatic N) is 1. The maximum absolute atomic E-state index is 12.8. The summed E-state index contributed by atoms with van der Waals surface area (Å²) in [5.41, 5.74) is 1.19. The molecule has 0 saturated carbocycles. The second-order valence-corrected chi connectivity index (χ2v) is 7.89. The Kier molecular flexibility index (Phi) is 4.73. The number of hydrogen-bond acceptors (Lipinski definition) is 5. The summed E-state index contributed by atoms with van der Waals surface area (Å²) in [4.78, 5) is 0.152. The molecule has 25 heavy (non-hydrogen) atoms. The van der Waals surface area contributed by atoms with Crippen molar-refractivity contribution in [1.29, 1.82) is 0 Å². The molecule has 0 saturated heterocycles. The SMILES string of the molecule is COc1cccc(C[C@@H]2[C@@H](O)c3ccccc3S(=O)(=O)N2C)c1OC. The van der Waals surface area contributed by atoms with Crippen LogP contribution in [0.25, 0.3) is 0 Å². The molecule has 1 N–H and O–H groups in total. The first-order chi connectivity index (χ1) is 11.9. The molecule has 1 heterocycles. The number of ether oxygens (including phenoxy) is 2. The zero-order valence-corrected chi connectivity index (χ0v) is 15.2. The zero-order chi connectivity index (χ0) is 18.2. The average Bonchev–Trinajstić information content (AvgIpc) is 2.63. The minimum absolute atomic E-state index is 0.152. The van der Waals surface area contributed by atoms with Gasteiger partial charge < -0.3 is 14.6 Å². The van der Waals surface area contributed by atoms with E-state index in [9.17, 15) is 13.5 Å². The second kappa shape index (κ2) is 6.67. The van der Waals surface area contributed by atoms with Crippen molar-refractivity contribution in [1.82, 2.24) is 4.31 Å². The van der Waals surface area contributed by atoms with Crippen molar-refractivity contribution in [3.63, 3.8) is 0 Å². The van der Waals surface area contributed by atoms with Gasteiger partial charge in [-0.3, -0.25) is 0 Å². The number of methoxy groups -OCH3 is 2. The number of fused-ring (bicyclic) bond motifs is 1. The number of benzene rings is 2. The molecule has 134 valence electrons. The standard InChI is InChI=1S/C18H21NO5S/c1-19-14(11-12-7-6-9-15(23-2)18(12)24-3)17(20)13-8-4-5-10-16(13)25(19,21)22/h4-10,14,17,20H,11H2,1-3H3/t14-,17+/m1/s1. The van der Waals surface area contributed by atoms with Crippen LogP contribution in [0.1, 0.15) is 17.2 Å². The van der Waals surface area contributed by atoms with Crippen molar-refractivity contribution >= 4 is 10.0 Å².